The molecule has 3 N–H and O–H groups in total. The highest BCUT2D eigenvalue weighted by molar-refractivity contribution is 7.81. The van der Waals surface area contributed by atoms with Crippen LogP contribution in [0.3, 0.4) is 0 Å². The van der Waals surface area contributed by atoms with Gasteiger partial charge in [-0.15, -0.1) is 0 Å². The van der Waals surface area contributed by atoms with Crippen LogP contribution in [0.25, 0.3) is 6.08 Å². The Bertz CT molecular complexity index is 1090. The molecule has 0 radical (unpaired) electrons. The van der Waals surface area contributed by atoms with E-state index in [1.807, 2.05) is 60.7 Å². The minimum atomic E-state index is -0.977. The van der Waals surface area contributed by atoms with E-state index >= 15 is 0 Å². The summed E-state index contributed by atoms with van der Waals surface area (Å²) in [5.41, 5.74) is 1.71. The third-order valence-electron chi connectivity index (χ3n) is 6.23. The van der Waals surface area contributed by atoms with Crippen LogP contribution in [0.15, 0.2) is 66.7 Å². The van der Waals surface area contributed by atoms with Crippen LogP contribution in [0.2, 0.25) is 0 Å². The molecule has 1 heterocycles. The van der Waals surface area contributed by atoms with Crippen molar-refractivity contribution in [2.24, 2.45) is 5.92 Å². The fourth-order valence-corrected chi connectivity index (χ4v) is 4.52. The maximum absolute atomic E-state index is 13.5. The summed E-state index contributed by atoms with van der Waals surface area (Å²) < 4.78 is 4.84. The fraction of sp³-hybridized carbons (Fsp3) is 0.357. The fourth-order valence-electron chi connectivity index (χ4n) is 4.22. The Kier molecular flexibility index (Phi) is 10.8. The molecular weight excluding hydrogens is 490 g/mol. The van der Waals surface area contributed by atoms with Gasteiger partial charge < -0.3 is 20.7 Å². The molecular formula is C28H33N3O5S. The van der Waals surface area contributed by atoms with Crippen LogP contribution in [0, 0.1) is 5.92 Å². The van der Waals surface area contributed by atoms with Gasteiger partial charge in [0.2, 0.25) is 17.7 Å². The highest BCUT2D eigenvalue weighted by Crippen LogP contribution is 2.21. The summed E-state index contributed by atoms with van der Waals surface area (Å²) in [6.07, 6.45) is 4.96. The van der Waals surface area contributed by atoms with Gasteiger partial charge in [0.25, 0.3) is 0 Å². The largest absolute Gasteiger partial charge is 0.468 e. The van der Waals surface area contributed by atoms with Crippen molar-refractivity contribution in [1.82, 2.24) is 16.0 Å². The predicted octanol–water partition coefficient (Wildman–Crippen LogP) is 2.30. The van der Waals surface area contributed by atoms with Crippen molar-refractivity contribution in [1.29, 1.82) is 0 Å². The Morgan fingerprint density at radius 2 is 1.76 bits per heavy atom. The van der Waals surface area contributed by atoms with Crippen molar-refractivity contribution in [3.8, 4) is 0 Å². The number of piperidine rings is 1. The van der Waals surface area contributed by atoms with E-state index in [-0.39, 0.29) is 24.7 Å². The molecule has 1 saturated heterocycles. The van der Waals surface area contributed by atoms with Crippen LogP contribution in [-0.2, 0) is 30.3 Å². The van der Waals surface area contributed by atoms with Crippen molar-refractivity contribution in [3.05, 3.63) is 77.9 Å². The molecule has 0 aromatic heterocycles. The molecule has 2 aromatic carbocycles. The van der Waals surface area contributed by atoms with Gasteiger partial charge in [0.15, 0.2) is 0 Å². The molecule has 9 heteroatoms. The molecule has 37 heavy (non-hydrogen) atoms. The lowest BCUT2D eigenvalue weighted by molar-refractivity contribution is -0.141. The maximum atomic E-state index is 13.5. The van der Waals surface area contributed by atoms with E-state index in [1.165, 1.54) is 13.2 Å². The van der Waals surface area contributed by atoms with Gasteiger partial charge in [-0.25, -0.2) is 0 Å². The summed E-state index contributed by atoms with van der Waals surface area (Å²) in [6.45, 7) is 0.606. The molecule has 1 fully saturated rings. The normalized spacial score (nSPS) is 17.8. The van der Waals surface area contributed by atoms with Crippen LogP contribution < -0.4 is 16.0 Å². The second kappa shape index (κ2) is 14.2. The number of benzene rings is 2. The van der Waals surface area contributed by atoms with Gasteiger partial charge in [-0.2, -0.15) is 12.6 Å². The summed E-state index contributed by atoms with van der Waals surface area (Å²) in [5, 5.41) is 7.49. The number of hydrogen-bond donors (Lipinski definition) is 4. The zero-order valence-corrected chi connectivity index (χ0v) is 21.7. The van der Waals surface area contributed by atoms with Gasteiger partial charge in [0.1, 0.15) is 11.3 Å². The van der Waals surface area contributed by atoms with Crippen LogP contribution in [0.4, 0.5) is 0 Å². The summed E-state index contributed by atoms with van der Waals surface area (Å²) >= 11 is 4.40. The van der Waals surface area contributed by atoms with Crippen molar-refractivity contribution in [2.75, 3.05) is 13.7 Å². The van der Waals surface area contributed by atoms with Crippen LogP contribution in [0.1, 0.15) is 30.4 Å². The molecule has 1 unspecified atom stereocenters. The minimum absolute atomic E-state index is 0.115. The second-order valence-corrected chi connectivity index (χ2v) is 9.50. The molecule has 2 aromatic rings. The first-order valence-electron chi connectivity index (χ1n) is 12.3. The van der Waals surface area contributed by atoms with E-state index < -0.39 is 35.1 Å². The van der Waals surface area contributed by atoms with Crippen molar-refractivity contribution < 1.29 is 23.9 Å². The van der Waals surface area contributed by atoms with E-state index in [1.54, 1.807) is 6.08 Å². The van der Waals surface area contributed by atoms with Gasteiger partial charge in [-0.05, 0) is 36.5 Å². The molecule has 1 aliphatic rings. The van der Waals surface area contributed by atoms with Gasteiger partial charge in [0, 0.05) is 25.0 Å². The molecule has 0 saturated carbocycles. The van der Waals surface area contributed by atoms with Crippen LogP contribution in [-0.4, -0.2) is 54.7 Å². The molecule has 8 nitrogen and oxygen atoms in total. The van der Waals surface area contributed by atoms with E-state index in [9.17, 15) is 19.2 Å². The monoisotopic (exact) mass is 523 g/mol. The zero-order valence-electron chi connectivity index (χ0n) is 20.8. The summed E-state index contributed by atoms with van der Waals surface area (Å²) in [7, 11) is 1.25. The number of ether oxygens (including phenoxy) is 1. The molecule has 3 rings (SSSR count). The van der Waals surface area contributed by atoms with Gasteiger partial charge >= 0.3 is 5.97 Å². The molecule has 3 amide bonds. The molecule has 4 atom stereocenters. The van der Waals surface area contributed by atoms with E-state index in [2.05, 4.69) is 28.6 Å². The van der Waals surface area contributed by atoms with Crippen LogP contribution in [0.5, 0.6) is 0 Å². The average Bonchev–Trinajstić information content (AvgIpc) is 2.92. The number of carbonyl (C=O) groups is 4. The van der Waals surface area contributed by atoms with Crippen molar-refractivity contribution >= 4 is 42.4 Å². The van der Waals surface area contributed by atoms with E-state index in [0.717, 1.165) is 17.5 Å². The Morgan fingerprint density at radius 1 is 1.08 bits per heavy atom. The van der Waals surface area contributed by atoms with Gasteiger partial charge in [-0.3, -0.25) is 19.2 Å². The summed E-state index contributed by atoms with van der Waals surface area (Å²) in [5.74, 6) is -2.00. The number of esters is 1. The molecule has 0 spiro atoms. The molecule has 196 valence electrons. The molecule has 0 aliphatic carbocycles. The first-order chi connectivity index (χ1) is 17.9. The van der Waals surface area contributed by atoms with Crippen molar-refractivity contribution in [2.45, 2.75) is 43.0 Å². The quantitative estimate of drug-likeness (QED) is 0.205. The summed E-state index contributed by atoms with van der Waals surface area (Å²) in [4.78, 5) is 50.8. The number of carbonyl (C=O) groups excluding carboxylic acids is 4. The lowest BCUT2D eigenvalue weighted by Gasteiger charge is -2.30. The first kappa shape index (κ1) is 28.0. The van der Waals surface area contributed by atoms with E-state index in [0.29, 0.717) is 13.0 Å². The predicted molar refractivity (Wildman–Crippen MR) is 145 cm³/mol. The average molecular weight is 524 g/mol. The molecule has 0 bridgehead atoms. The van der Waals surface area contributed by atoms with Crippen molar-refractivity contribution in [3.63, 3.8) is 0 Å². The lowest BCUT2D eigenvalue weighted by Crippen LogP contribution is -2.54. The van der Waals surface area contributed by atoms with Gasteiger partial charge in [-0.1, -0.05) is 60.7 Å². The Hall–Kier alpha value is -3.59. The Morgan fingerprint density at radius 3 is 2.41 bits per heavy atom. The highest BCUT2D eigenvalue weighted by Gasteiger charge is 2.34. The Labute approximate surface area is 222 Å². The zero-order chi connectivity index (χ0) is 26.6. The first-order valence-corrected chi connectivity index (χ1v) is 12.8. The maximum Gasteiger partial charge on any atom is 0.320 e. The number of nitrogens with one attached hydrogen (secondary N) is 3. The SMILES string of the molecule is COC(=O)C(S)[C@H](C[C@@H]1CCCNC1=O)NC(=O)[C@H](Cc1ccccc1)NC(=O)/C=C/c1ccccc1. The van der Waals surface area contributed by atoms with Gasteiger partial charge in [0.05, 0.1) is 13.2 Å². The topological polar surface area (TPSA) is 114 Å². The Balaban J connectivity index is 1.77. The summed E-state index contributed by atoms with van der Waals surface area (Å²) in [6, 6.07) is 17.0. The standard InChI is InChI=1S/C28H33N3O5S/c1-36-28(35)25(37)22(18-21-13-8-16-29-26(21)33)31-27(34)23(17-20-11-6-3-7-12-20)30-24(32)15-14-19-9-4-2-5-10-19/h2-7,9-12,14-15,21-23,25,37H,8,13,16-18H2,1H3,(H,29,33)(H,30,32)(H,31,34)/b15-14+/t21-,22-,23-,25?/m0/s1. The smallest absolute Gasteiger partial charge is 0.320 e. The van der Waals surface area contributed by atoms with Crippen LogP contribution >= 0.6 is 12.6 Å². The third-order valence-corrected chi connectivity index (χ3v) is 6.80. The lowest BCUT2D eigenvalue weighted by atomic mass is 9.90. The number of amides is 3. The molecule has 1 aliphatic heterocycles. The number of hydrogen-bond acceptors (Lipinski definition) is 6. The second-order valence-electron chi connectivity index (χ2n) is 8.94. The highest BCUT2D eigenvalue weighted by atomic mass is 32.1. The number of thiol groups is 1. The van der Waals surface area contributed by atoms with E-state index in [4.69, 9.17) is 4.74 Å². The third kappa shape index (κ3) is 8.78. The number of rotatable bonds is 11. The minimum Gasteiger partial charge on any atom is -0.468 e. The number of methoxy groups -OCH3 is 1.